The molecule has 6 rings (SSSR count). The van der Waals surface area contributed by atoms with Crippen molar-refractivity contribution in [3.05, 3.63) is 96.7 Å². The normalized spacial score (nSPS) is 12.0. The predicted octanol–water partition coefficient (Wildman–Crippen LogP) is 5.78. The Kier molecular flexibility index (Phi) is 13.0. The number of ether oxygens (including phenoxy) is 3. The van der Waals surface area contributed by atoms with Gasteiger partial charge in [-0.3, -0.25) is 0 Å². The lowest BCUT2D eigenvalue weighted by Crippen LogP contribution is -2.30. The second-order valence-electron chi connectivity index (χ2n) is 9.58. The van der Waals surface area contributed by atoms with Crippen LogP contribution in [0, 0.1) is 0 Å². The quantitative estimate of drug-likeness (QED) is 0.0816. The predicted molar refractivity (Wildman–Crippen MR) is 184 cm³/mol. The molecule has 0 unspecified atom stereocenters. The lowest BCUT2D eigenvalue weighted by molar-refractivity contribution is -0.355. The largest absolute Gasteiger partial charge is 0.498 e. The van der Waals surface area contributed by atoms with Crippen LogP contribution in [0.15, 0.2) is 74.2 Å². The highest BCUT2D eigenvalue weighted by molar-refractivity contribution is 9.11. The molecule has 0 amide bonds. The first-order valence-corrected chi connectivity index (χ1v) is 16.5. The van der Waals surface area contributed by atoms with Crippen molar-refractivity contribution >= 4 is 78.6 Å². The first kappa shape index (κ1) is 35.4. The number of hydrogen-bond acceptors (Lipinski definition) is 9. The van der Waals surface area contributed by atoms with Gasteiger partial charge in [-0.05, 0) is 83.9 Å². The van der Waals surface area contributed by atoms with E-state index in [1.807, 2.05) is 18.2 Å². The smallest absolute Gasteiger partial charge is 0.492 e. The second kappa shape index (κ2) is 16.9. The number of esters is 2. The number of fused-ring (bicyclic) bond motifs is 2. The molecule has 2 aromatic heterocycles. The first-order valence-electron chi connectivity index (χ1n) is 14.2. The number of aldehydes is 1. The van der Waals surface area contributed by atoms with Crippen molar-refractivity contribution in [2.45, 2.75) is 26.7 Å². The van der Waals surface area contributed by atoms with E-state index in [4.69, 9.17) is 28.7 Å². The summed E-state index contributed by atoms with van der Waals surface area (Å²) >= 11 is 9.97. The minimum Gasteiger partial charge on any atom is -0.492 e. The van der Waals surface area contributed by atoms with Crippen LogP contribution >= 0.6 is 47.8 Å². The molecular formula is C32H29BBr3N2O8+. The molecule has 4 aromatic rings. The molecule has 0 aliphatic carbocycles. The summed E-state index contributed by atoms with van der Waals surface area (Å²) in [6.45, 7) is 4.91. The Hall–Kier alpha value is -3.43. The molecule has 4 heterocycles. The van der Waals surface area contributed by atoms with Crippen LogP contribution in [0.1, 0.15) is 46.0 Å². The summed E-state index contributed by atoms with van der Waals surface area (Å²) in [6, 6.07) is 18.0. The molecule has 0 spiro atoms. The average Bonchev–Trinajstić information content (AvgIpc) is 3.71. The highest BCUT2D eigenvalue weighted by Crippen LogP contribution is 2.38. The molecular weight excluding hydrogens is 791 g/mol. The molecule has 0 saturated carbocycles. The van der Waals surface area contributed by atoms with Crippen molar-refractivity contribution in [3.63, 3.8) is 0 Å². The molecule has 0 fully saturated rings. The lowest BCUT2D eigenvalue weighted by Gasteiger charge is -2.09. The van der Waals surface area contributed by atoms with E-state index in [1.54, 1.807) is 56.5 Å². The van der Waals surface area contributed by atoms with E-state index in [-0.39, 0.29) is 5.97 Å². The van der Waals surface area contributed by atoms with E-state index in [9.17, 15) is 9.59 Å². The molecule has 2 aliphatic heterocycles. The van der Waals surface area contributed by atoms with Gasteiger partial charge in [0.25, 0.3) is 6.29 Å². The second-order valence-corrected chi connectivity index (χ2v) is 12.2. The van der Waals surface area contributed by atoms with E-state index < -0.39 is 13.1 Å². The number of carbonyl (C=O) groups excluding carboxylic acids is 3. The maximum atomic E-state index is 11.8. The van der Waals surface area contributed by atoms with Crippen LogP contribution in [-0.4, -0.2) is 65.2 Å². The van der Waals surface area contributed by atoms with Gasteiger partial charge in [-0.1, -0.05) is 44.0 Å². The third-order valence-corrected chi connectivity index (χ3v) is 7.76. The van der Waals surface area contributed by atoms with Crippen molar-refractivity contribution in [1.29, 1.82) is 0 Å². The zero-order valence-corrected chi connectivity index (χ0v) is 29.6. The molecule has 2 N–H and O–H groups in total. The van der Waals surface area contributed by atoms with E-state index in [0.29, 0.717) is 59.1 Å². The average molecular weight is 820 g/mol. The fourth-order valence-corrected chi connectivity index (χ4v) is 5.84. The van der Waals surface area contributed by atoms with Crippen molar-refractivity contribution < 1.29 is 38.3 Å². The number of halogens is 3. The summed E-state index contributed by atoms with van der Waals surface area (Å²) in [5.74, 6) is 0.621. The maximum absolute atomic E-state index is 11.8. The zero-order valence-electron chi connectivity index (χ0n) is 24.8. The molecule has 238 valence electrons. The first-order chi connectivity index (χ1) is 22.1. The van der Waals surface area contributed by atoms with Crippen LogP contribution in [0.25, 0.3) is 11.3 Å². The molecule has 0 atom stereocenters. The van der Waals surface area contributed by atoms with Crippen LogP contribution in [0.3, 0.4) is 0 Å². The molecule has 0 saturated heterocycles. The molecule has 46 heavy (non-hydrogen) atoms. The molecule has 14 heteroatoms. The Bertz CT molecular complexity index is 1750. The van der Waals surface area contributed by atoms with Gasteiger partial charge in [0, 0.05) is 20.9 Å². The maximum Gasteiger partial charge on any atom is 0.498 e. The number of benzene rings is 2. The van der Waals surface area contributed by atoms with Gasteiger partial charge in [0.2, 0.25) is 0 Å². The van der Waals surface area contributed by atoms with Gasteiger partial charge in [-0.2, -0.15) is 0 Å². The van der Waals surface area contributed by atoms with E-state index >= 15 is 0 Å². The van der Waals surface area contributed by atoms with Crippen molar-refractivity contribution in [2.75, 3.05) is 19.8 Å². The number of aromatic nitrogens is 2. The van der Waals surface area contributed by atoms with Crippen molar-refractivity contribution in [3.8, 4) is 22.8 Å². The topological polar surface area (TPSA) is 139 Å². The highest BCUT2D eigenvalue weighted by atomic mass is 79.9. The monoisotopic (exact) mass is 817 g/mol. The minimum atomic E-state index is -1.49. The Morgan fingerprint density at radius 1 is 0.891 bits per heavy atom. The lowest BCUT2D eigenvalue weighted by atomic mass is 9.78. The Morgan fingerprint density at radius 2 is 1.52 bits per heavy atom. The van der Waals surface area contributed by atoms with E-state index in [2.05, 4.69) is 63.8 Å². The van der Waals surface area contributed by atoms with Gasteiger partial charge >= 0.3 is 24.8 Å². The van der Waals surface area contributed by atoms with Crippen molar-refractivity contribution in [2.24, 2.45) is 0 Å². The van der Waals surface area contributed by atoms with Gasteiger partial charge < -0.3 is 24.3 Å². The molecule has 2 aromatic carbocycles. The summed E-state index contributed by atoms with van der Waals surface area (Å²) in [5, 5.41) is 18.1. The molecule has 10 nitrogen and oxygen atoms in total. The molecule has 0 bridgehead atoms. The van der Waals surface area contributed by atoms with E-state index in [1.165, 1.54) is 0 Å². The SMILES string of the molecule is CCOC(=O)c1cccc(-c2cc(Br)cc3c2OCC3)n1.CCOC(=O)c1cccc(Br)n1.OB(O)c1cc(Br)cc2c1[O+]=CC2. The van der Waals surface area contributed by atoms with Crippen LogP contribution in [-0.2, 0) is 26.7 Å². The Labute approximate surface area is 291 Å². The zero-order chi connectivity index (χ0) is 33.2. The van der Waals surface area contributed by atoms with Crippen LogP contribution in [0.5, 0.6) is 11.5 Å². The number of hydrogen-bond donors (Lipinski definition) is 2. The minimum absolute atomic E-state index is 0.307. The van der Waals surface area contributed by atoms with Crippen LogP contribution < -0.4 is 10.2 Å². The fourth-order valence-electron chi connectivity index (χ4n) is 4.47. The summed E-state index contributed by atoms with van der Waals surface area (Å²) in [5.41, 5.74) is 4.76. The number of carbonyl (C=O) groups is 2. The highest BCUT2D eigenvalue weighted by Gasteiger charge is 2.30. The van der Waals surface area contributed by atoms with Crippen molar-refractivity contribution in [1.82, 2.24) is 9.97 Å². The fraction of sp³-hybridized carbons (Fsp3) is 0.219. The summed E-state index contributed by atoms with van der Waals surface area (Å²) < 4.78 is 23.1. The number of nitrogens with zero attached hydrogens (tertiary/aromatic N) is 2. The van der Waals surface area contributed by atoms with Gasteiger partial charge in [0.1, 0.15) is 21.7 Å². The van der Waals surface area contributed by atoms with Crippen LogP contribution in [0.4, 0.5) is 0 Å². The van der Waals surface area contributed by atoms with Gasteiger partial charge in [0.05, 0.1) is 43.0 Å². The van der Waals surface area contributed by atoms with Gasteiger partial charge in [-0.15, -0.1) is 0 Å². The van der Waals surface area contributed by atoms with E-state index in [0.717, 1.165) is 37.8 Å². The summed E-state index contributed by atoms with van der Waals surface area (Å²) in [7, 11) is -1.49. The molecule has 2 aliphatic rings. The third kappa shape index (κ3) is 9.32. The third-order valence-electron chi connectivity index (χ3n) is 6.40. The standard InChI is InChI=1S/C16H14BrNO3.C8H7BBrO3.C8H8BrNO2/c1-2-20-16(19)14-5-3-4-13(18-14)12-9-11(17)8-10-6-7-21-15(10)12;10-6-3-5-1-2-13-8(5)7(4-6)9(11)12;1-2-12-8(11)6-4-3-5-7(9)10-6/h3-5,8-9H,2,6-7H2,1H3;2-4,11-12H,1H2;3-5H,2H2,1H3/q;+1;. The number of pyridine rings is 2. The van der Waals surface area contributed by atoms with Crippen LogP contribution in [0.2, 0.25) is 0 Å². The summed E-state index contributed by atoms with van der Waals surface area (Å²) in [6.07, 6.45) is 3.23. The Morgan fingerprint density at radius 3 is 2.17 bits per heavy atom. The molecule has 0 radical (unpaired) electrons. The Balaban J connectivity index is 0.000000166. The van der Waals surface area contributed by atoms with Gasteiger partial charge in [0.15, 0.2) is 0 Å². The number of rotatable bonds is 6. The summed E-state index contributed by atoms with van der Waals surface area (Å²) in [4.78, 5) is 31.2. The van der Waals surface area contributed by atoms with Gasteiger partial charge in [-0.25, -0.2) is 24.0 Å².